The molecule has 6 aromatic carbocycles. The number of benzene rings is 6. The van der Waals surface area contributed by atoms with Crippen molar-refractivity contribution in [1.82, 2.24) is 32.9 Å². The van der Waals surface area contributed by atoms with E-state index in [-0.39, 0.29) is 99.9 Å². The van der Waals surface area contributed by atoms with Crippen LogP contribution in [-0.2, 0) is 77.9 Å². The molecule has 9 aromatic rings. The predicted octanol–water partition coefficient (Wildman–Crippen LogP) is 10.4. The number of Topliss-reactive ketones (excluding diaryl/α,β-unsaturated/α-hetero) is 3. The van der Waals surface area contributed by atoms with Crippen molar-refractivity contribution in [3.05, 3.63) is 185 Å². The van der Waals surface area contributed by atoms with E-state index in [0.29, 0.717) is 120 Å². The molecule has 6 aliphatic heterocycles. The minimum Gasteiger partial charge on any atom is -0.481 e. The SMILES string of the molecule is COCCCN1C(=O)c2cccc3c(CC(=O)C4CCCN(S(=O)(=O)c5ccc(OC)nc5)C4)ccc1c23.COCCCN1C(=O)c2cccc3c(CC(=O)C4CCCN(S(=O)(=O)c5cccnc5)C4)ccc1c23.COCCCN1C(=O)c2cccc3c(CC(=O)C4CCCN(S(=O)(=O)c5cnc(Cl)nc5)C4)ccc1c23. The van der Waals surface area contributed by atoms with Crippen LogP contribution in [-0.4, -0.2) is 200 Å². The number of hydrogen-bond donors (Lipinski definition) is 0. The number of amides is 3. The van der Waals surface area contributed by atoms with E-state index in [2.05, 4.69) is 19.9 Å². The third-order valence-electron chi connectivity index (χ3n) is 21.5. The number of aromatic nitrogens is 4. The monoisotopic (exact) mass is 1590 g/mol. The average Bonchev–Trinajstić information content (AvgIpc) is 1.61. The molecule has 3 atom stereocenters. The molecule has 26 nitrogen and oxygen atoms in total. The Labute approximate surface area is 650 Å². The molecule has 3 aromatic heterocycles. The van der Waals surface area contributed by atoms with Crippen molar-refractivity contribution in [1.29, 1.82) is 0 Å². The topological polar surface area (TPSA) is 313 Å². The van der Waals surface area contributed by atoms with Crippen LogP contribution in [0.1, 0.15) is 106 Å². The van der Waals surface area contributed by atoms with Gasteiger partial charge in [0.15, 0.2) is 0 Å². The zero-order valence-electron chi connectivity index (χ0n) is 62.2. The standard InChI is InChI=1S/C28H31N3O6S.C27H29N3O5S.C26H27ClN4O5S/c1-36-15-5-14-31-24-11-9-19(22-7-3-8-23(27(22)24)28(31)33)16-25(32)20-6-4-13-30(18-20)38(34,35)21-10-12-26(37-2)29-17-21;1-35-15-5-14-30-24-11-10-19(22-8-2-9-23(26(22)24)27(30)32)16-25(31)20-6-4-13-29(18-20)36(33,34)21-7-3-12-28-17-21;1-36-12-4-11-31-22-9-8-17(20-6-2-7-21(24(20)22)25(31)33)13-23(32)18-5-3-10-30(16-18)37(34,35)19-14-28-26(27)29-15-19/h3,7-12,17,20H,4-6,13-16,18H2,1-2H3;2-3,7-12,17,20H,4-6,13-16,18H2,1H3;2,6-9,14-15,18H,3-5,10-13,16H2,1H3. The molecule has 3 fully saturated rings. The first kappa shape index (κ1) is 79.7. The lowest BCUT2D eigenvalue weighted by molar-refractivity contribution is -0.124. The first-order chi connectivity index (χ1) is 53.6. The second kappa shape index (κ2) is 34.7. The van der Waals surface area contributed by atoms with E-state index in [4.69, 9.17) is 30.5 Å². The van der Waals surface area contributed by atoms with Gasteiger partial charge in [-0.3, -0.25) is 33.8 Å². The van der Waals surface area contributed by atoms with E-state index in [1.165, 1.54) is 69.2 Å². The van der Waals surface area contributed by atoms with Gasteiger partial charge in [-0.2, -0.15) is 12.9 Å². The van der Waals surface area contributed by atoms with Crippen LogP contribution < -0.4 is 19.4 Å². The highest BCUT2D eigenvalue weighted by Crippen LogP contribution is 2.43. The summed E-state index contributed by atoms with van der Waals surface area (Å²) >= 11 is 5.70. The number of sulfonamides is 3. The fourth-order valence-corrected chi connectivity index (χ4v) is 20.3. The van der Waals surface area contributed by atoms with Crippen molar-refractivity contribution in [2.45, 2.75) is 91.7 Å². The highest BCUT2D eigenvalue weighted by molar-refractivity contribution is 7.89. The summed E-state index contributed by atoms with van der Waals surface area (Å²) in [7, 11) is -4.91. The Morgan fingerprint density at radius 2 is 0.793 bits per heavy atom. The molecule has 0 aliphatic carbocycles. The Kier molecular flexibility index (Phi) is 24.9. The van der Waals surface area contributed by atoms with E-state index in [1.807, 2.05) is 91.0 Å². The Hall–Kier alpha value is -9.40. The van der Waals surface area contributed by atoms with Crippen molar-refractivity contribution >= 4 is 126 Å². The van der Waals surface area contributed by atoms with Crippen LogP contribution in [0.5, 0.6) is 5.88 Å². The molecule has 3 saturated heterocycles. The zero-order valence-corrected chi connectivity index (χ0v) is 65.4. The normalized spacial score (nSPS) is 18.0. The summed E-state index contributed by atoms with van der Waals surface area (Å²) in [6, 6.07) is 34.5. The number of halogens is 1. The van der Waals surface area contributed by atoms with Crippen LogP contribution in [0, 0.1) is 17.8 Å². The predicted molar refractivity (Wildman–Crippen MR) is 419 cm³/mol. The number of nitrogens with zero attached hydrogens (tertiary/aromatic N) is 10. The number of piperidine rings is 3. The lowest BCUT2D eigenvalue weighted by Crippen LogP contribution is -2.42. The van der Waals surface area contributed by atoms with Crippen LogP contribution in [0.25, 0.3) is 32.3 Å². The quantitative estimate of drug-likeness (QED) is 0.0325. The first-order valence-corrected chi connectivity index (χ1v) is 41.8. The molecule has 0 saturated carbocycles. The lowest BCUT2D eigenvalue weighted by Gasteiger charge is -2.31. The molecule has 15 rings (SSSR count). The molecule has 3 unspecified atom stereocenters. The summed E-state index contributed by atoms with van der Waals surface area (Å²) in [4.78, 5) is 100. The number of carbonyl (C=O) groups is 6. The number of pyridine rings is 2. The van der Waals surface area contributed by atoms with E-state index in [0.717, 1.165) is 85.3 Å². The maximum absolute atomic E-state index is 13.5. The molecule has 0 spiro atoms. The molecule has 3 amide bonds. The van der Waals surface area contributed by atoms with Gasteiger partial charge < -0.3 is 33.6 Å². The van der Waals surface area contributed by atoms with Crippen LogP contribution in [0.3, 0.4) is 0 Å². The van der Waals surface area contributed by atoms with Gasteiger partial charge >= 0.3 is 0 Å². The van der Waals surface area contributed by atoms with Crippen molar-refractivity contribution in [2.75, 3.05) is 122 Å². The minimum absolute atomic E-state index is 0.000247. The van der Waals surface area contributed by atoms with Gasteiger partial charge in [0.1, 0.15) is 32.0 Å². The molecule has 0 radical (unpaired) electrons. The van der Waals surface area contributed by atoms with Gasteiger partial charge in [-0.05, 0) is 157 Å². The number of ether oxygens (including phenoxy) is 4. The maximum atomic E-state index is 13.5. The van der Waals surface area contributed by atoms with Crippen LogP contribution in [0.15, 0.2) is 161 Å². The van der Waals surface area contributed by atoms with Gasteiger partial charge in [-0.15, -0.1) is 0 Å². The van der Waals surface area contributed by atoms with Crippen LogP contribution >= 0.6 is 11.6 Å². The van der Waals surface area contributed by atoms with Gasteiger partial charge in [0, 0.05) is 188 Å². The van der Waals surface area contributed by atoms with Crippen LogP contribution in [0.4, 0.5) is 17.1 Å². The summed E-state index contributed by atoms with van der Waals surface area (Å²) in [6.45, 7) is 4.89. The Morgan fingerprint density at radius 1 is 0.432 bits per heavy atom. The van der Waals surface area contributed by atoms with Crippen molar-refractivity contribution < 1.29 is 73.0 Å². The smallest absolute Gasteiger partial charge is 0.258 e. The summed E-state index contributed by atoms with van der Waals surface area (Å²) in [5.74, 6) is -0.977. The largest absolute Gasteiger partial charge is 0.481 e. The molecule has 111 heavy (non-hydrogen) atoms. The number of methoxy groups -OCH3 is 4. The summed E-state index contributed by atoms with van der Waals surface area (Å²) in [5.41, 5.74) is 7.06. The Balaban J connectivity index is 0.000000146. The van der Waals surface area contributed by atoms with E-state index >= 15 is 0 Å². The highest BCUT2D eigenvalue weighted by Gasteiger charge is 2.40. The lowest BCUT2D eigenvalue weighted by atomic mass is 9.89. The van der Waals surface area contributed by atoms with Gasteiger partial charge in [0.05, 0.1) is 42.8 Å². The molecular formula is C81H87ClN10O16S3. The molecule has 582 valence electrons. The molecule has 0 bridgehead atoms. The van der Waals surface area contributed by atoms with Gasteiger partial charge in [0.25, 0.3) is 17.7 Å². The number of ketones is 3. The first-order valence-electron chi connectivity index (χ1n) is 37.1. The van der Waals surface area contributed by atoms with Crippen molar-refractivity contribution in [3.63, 3.8) is 0 Å². The fourth-order valence-electron chi connectivity index (χ4n) is 15.8. The number of carbonyl (C=O) groups excluding carboxylic acids is 6. The molecule has 30 heteroatoms. The van der Waals surface area contributed by atoms with Crippen LogP contribution in [0.2, 0.25) is 5.28 Å². The van der Waals surface area contributed by atoms with E-state index in [9.17, 15) is 54.0 Å². The Morgan fingerprint density at radius 3 is 1.13 bits per heavy atom. The van der Waals surface area contributed by atoms with E-state index in [1.54, 1.807) is 42.1 Å². The molecule has 0 N–H and O–H groups in total. The van der Waals surface area contributed by atoms with Gasteiger partial charge in [-0.1, -0.05) is 54.6 Å². The molecule has 9 heterocycles. The third kappa shape index (κ3) is 16.6. The summed E-state index contributed by atoms with van der Waals surface area (Å²) < 4.78 is 103. The van der Waals surface area contributed by atoms with Crippen molar-refractivity contribution in [3.8, 4) is 5.88 Å². The second-order valence-corrected chi connectivity index (χ2v) is 34.4. The number of hydrogen-bond acceptors (Lipinski definition) is 20. The molecule has 6 aliphatic rings. The zero-order chi connectivity index (χ0) is 78.3. The number of anilines is 3. The average molecular weight is 1590 g/mol. The number of rotatable bonds is 28. The molecular weight excluding hydrogens is 1500 g/mol. The minimum atomic E-state index is -3.83. The maximum Gasteiger partial charge on any atom is 0.258 e. The summed E-state index contributed by atoms with van der Waals surface area (Å²) in [6.07, 6.45) is 13.0. The highest BCUT2D eigenvalue weighted by atomic mass is 35.5. The van der Waals surface area contributed by atoms with Gasteiger partial charge in [0.2, 0.25) is 41.2 Å². The Bertz CT molecular complexity index is 5400. The fraction of sp³-hybridized carbons (Fsp3) is 0.383. The van der Waals surface area contributed by atoms with E-state index < -0.39 is 41.9 Å². The van der Waals surface area contributed by atoms with Crippen molar-refractivity contribution in [2.24, 2.45) is 17.8 Å². The van der Waals surface area contributed by atoms with Gasteiger partial charge in [-0.25, -0.2) is 40.2 Å². The third-order valence-corrected chi connectivity index (χ3v) is 27.2. The summed E-state index contributed by atoms with van der Waals surface area (Å²) in [5, 5.41) is 5.26. The second-order valence-electron chi connectivity index (χ2n) is 28.3.